The number of ether oxygens (including phenoxy) is 1. The van der Waals surface area contributed by atoms with Crippen LogP contribution in [0.5, 0.6) is 0 Å². The lowest BCUT2D eigenvalue weighted by Crippen LogP contribution is -2.35. The Balaban J connectivity index is 2.03. The Morgan fingerprint density at radius 3 is 2.52 bits per heavy atom. The first-order valence-electron chi connectivity index (χ1n) is 8.47. The zero-order valence-electron chi connectivity index (χ0n) is 15.1. The molecule has 2 rings (SSSR count). The zero-order chi connectivity index (χ0) is 18.4. The number of aryl methyl sites for hydroxylation is 2. The predicted octanol–water partition coefficient (Wildman–Crippen LogP) is 3.75. The molecule has 1 amide bonds. The number of carbonyl (C=O) groups excluding carboxylic acids is 2. The van der Waals surface area contributed by atoms with Gasteiger partial charge in [0.05, 0.1) is 5.69 Å². The van der Waals surface area contributed by atoms with Gasteiger partial charge in [-0.15, -0.1) is 11.3 Å². The molecule has 6 heteroatoms. The number of carbonyl (C=O) groups is 2. The molecule has 1 N–H and O–H groups in total. The van der Waals surface area contributed by atoms with Crippen molar-refractivity contribution in [1.82, 2.24) is 10.3 Å². The molecule has 1 heterocycles. The van der Waals surface area contributed by atoms with Crippen LogP contribution in [0, 0.1) is 6.92 Å². The van der Waals surface area contributed by atoms with Gasteiger partial charge in [-0.3, -0.25) is 4.79 Å². The van der Waals surface area contributed by atoms with Crippen molar-refractivity contribution in [3.8, 4) is 10.6 Å². The fourth-order valence-corrected chi connectivity index (χ4v) is 3.17. The number of nitrogens with zero attached hydrogens (tertiary/aromatic N) is 1. The molecule has 1 aromatic heterocycles. The molecule has 0 aliphatic rings. The summed E-state index contributed by atoms with van der Waals surface area (Å²) in [4.78, 5) is 28.9. The lowest BCUT2D eigenvalue weighted by molar-refractivity contribution is -0.124. The molecule has 0 aliphatic carbocycles. The first kappa shape index (κ1) is 19.1. The van der Waals surface area contributed by atoms with Crippen molar-refractivity contribution < 1.29 is 14.3 Å². The van der Waals surface area contributed by atoms with Crippen LogP contribution in [-0.2, 0) is 16.0 Å². The molecular formula is C19H24N2O3S. The maximum Gasteiger partial charge on any atom is 0.350 e. The van der Waals surface area contributed by atoms with Gasteiger partial charge in [0.1, 0.15) is 9.88 Å². The Bertz CT molecular complexity index is 738. The van der Waals surface area contributed by atoms with E-state index < -0.39 is 5.97 Å². The molecule has 0 saturated heterocycles. The summed E-state index contributed by atoms with van der Waals surface area (Å²) >= 11 is 1.29. The molecule has 0 bridgehead atoms. The van der Waals surface area contributed by atoms with E-state index in [2.05, 4.69) is 29.4 Å². The van der Waals surface area contributed by atoms with Crippen LogP contribution in [0.15, 0.2) is 24.3 Å². The van der Waals surface area contributed by atoms with Gasteiger partial charge in [0.25, 0.3) is 5.91 Å². The second-order valence-corrected chi connectivity index (χ2v) is 6.94. The lowest BCUT2D eigenvalue weighted by atomic mass is 10.1. The topological polar surface area (TPSA) is 68.3 Å². The summed E-state index contributed by atoms with van der Waals surface area (Å²) in [5.41, 5.74) is 2.84. The minimum absolute atomic E-state index is 0.0639. The monoisotopic (exact) mass is 360 g/mol. The van der Waals surface area contributed by atoms with E-state index in [0.29, 0.717) is 10.6 Å². The lowest BCUT2D eigenvalue weighted by Gasteiger charge is -2.11. The molecule has 0 unspecified atom stereocenters. The Hall–Kier alpha value is -2.21. The molecule has 0 saturated carbocycles. The summed E-state index contributed by atoms with van der Waals surface area (Å²) < 4.78 is 5.12. The number of benzene rings is 1. The van der Waals surface area contributed by atoms with Crippen LogP contribution in [0.2, 0.25) is 0 Å². The highest BCUT2D eigenvalue weighted by Crippen LogP contribution is 2.28. The quantitative estimate of drug-likeness (QED) is 0.764. The molecule has 134 valence electrons. The highest BCUT2D eigenvalue weighted by atomic mass is 32.1. The van der Waals surface area contributed by atoms with Crippen LogP contribution >= 0.6 is 11.3 Å². The van der Waals surface area contributed by atoms with Crippen molar-refractivity contribution in [2.75, 3.05) is 6.61 Å². The van der Waals surface area contributed by atoms with E-state index in [1.54, 1.807) is 6.92 Å². The maximum atomic E-state index is 12.2. The Morgan fingerprint density at radius 2 is 1.92 bits per heavy atom. The van der Waals surface area contributed by atoms with Crippen LogP contribution in [0.3, 0.4) is 0 Å². The average Bonchev–Trinajstić information content (AvgIpc) is 3.01. The van der Waals surface area contributed by atoms with Crippen molar-refractivity contribution in [2.45, 2.75) is 46.6 Å². The maximum absolute atomic E-state index is 12.2. The first-order chi connectivity index (χ1) is 11.9. The molecule has 0 radical (unpaired) electrons. The van der Waals surface area contributed by atoms with Crippen molar-refractivity contribution in [3.05, 3.63) is 40.4 Å². The Labute approximate surface area is 152 Å². The average molecular weight is 360 g/mol. The second kappa shape index (κ2) is 8.76. The van der Waals surface area contributed by atoms with E-state index in [9.17, 15) is 9.59 Å². The fourth-order valence-electron chi connectivity index (χ4n) is 2.21. The molecule has 2 aromatic rings. The number of amides is 1. The number of hydrogen-bond acceptors (Lipinski definition) is 5. The SMILES string of the molecule is CCc1ccc(-c2nc(C)c(C(=O)OCC(=O)N[C@H](C)CC)s2)cc1. The van der Waals surface area contributed by atoms with Crippen LogP contribution in [0.4, 0.5) is 0 Å². The van der Waals surface area contributed by atoms with Gasteiger partial charge in [-0.1, -0.05) is 38.1 Å². The molecule has 0 spiro atoms. The standard InChI is InChI=1S/C19H24N2O3S/c1-5-12(3)20-16(22)11-24-19(23)17-13(4)21-18(25-17)15-9-7-14(6-2)8-10-15/h7-10,12H,5-6,11H2,1-4H3,(H,20,22)/t12-/m1/s1. The molecule has 1 aromatic carbocycles. The van der Waals surface area contributed by atoms with E-state index in [1.165, 1.54) is 16.9 Å². The van der Waals surface area contributed by atoms with E-state index in [-0.39, 0.29) is 18.6 Å². The van der Waals surface area contributed by atoms with Gasteiger partial charge in [-0.05, 0) is 32.3 Å². The van der Waals surface area contributed by atoms with E-state index in [4.69, 9.17) is 4.74 Å². The third-order valence-corrected chi connectivity index (χ3v) is 5.13. The van der Waals surface area contributed by atoms with Crippen LogP contribution in [0.1, 0.15) is 48.1 Å². The number of nitrogens with one attached hydrogen (secondary N) is 1. The van der Waals surface area contributed by atoms with Crippen molar-refractivity contribution >= 4 is 23.2 Å². The van der Waals surface area contributed by atoms with Gasteiger partial charge in [0.2, 0.25) is 0 Å². The number of rotatable bonds is 7. The number of esters is 1. The Morgan fingerprint density at radius 1 is 1.24 bits per heavy atom. The van der Waals surface area contributed by atoms with Crippen molar-refractivity contribution in [2.24, 2.45) is 0 Å². The second-order valence-electron chi connectivity index (χ2n) is 5.94. The molecule has 1 atom stereocenters. The van der Waals surface area contributed by atoms with Crippen LogP contribution < -0.4 is 5.32 Å². The van der Waals surface area contributed by atoms with E-state index in [1.807, 2.05) is 26.0 Å². The number of thiazole rings is 1. The van der Waals surface area contributed by atoms with Gasteiger partial charge in [-0.25, -0.2) is 9.78 Å². The summed E-state index contributed by atoms with van der Waals surface area (Å²) in [6.45, 7) is 7.49. The number of hydrogen-bond donors (Lipinski definition) is 1. The first-order valence-corrected chi connectivity index (χ1v) is 9.29. The molecule has 5 nitrogen and oxygen atoms in total. The minimum Gasteiger partial charge on any atom is -0.451 e. The molecule has 25 heavy (non-hydrogen) atoms. The fraction of sp³-hybridized carbons (Fsp3) is 0.421. The smallest absolute Gasteiger partial charge is 0.350 e. The van der Waals surface area contributed by atoms with Gasteiger partial charge in [0, 0.05) is 11.6 Å². The summed E-state index contributed by atoms with van der Waals surface area (Å²) in [5.74, 6) is -0.800. The summed E-state index contributed by atoms with van der Waals surface area (Å²) in [5, 5.41) is 3.54. The van der Waals surface area contributed by atoms with Gasteiger partial charge in [0.15, 0.2) is 6.61 Å². The minimum atomic E-state index is -0.509. The third-order valence-electron chi connectivity index (χ3n) is 3.95. The number of aromatic nitrogens is 1. The normalized spacial score (nSPS) is 11.8. The van der Waals surface area contributed by atoms with Crippen molar-refractivity contribution in [1.29, 1.82) is 0 Å². The van der Waals surface area contributed by atoms with E-state index in [0.717, 1.165) is 23.4 Å². The molecular weight excluding hydrogens is 336 g/mol. The predicted molar refractivity (Wildman–Crippen MR) is 99.8 cm³/mol. The largest absolute Gasteiger partial charge is 0.451 e. The van der Waals surface area contributed by atoms with E-state index >= 15 is 0 Å². The highest BCUT2D eigenvalue weighted by molar-refractivity contribution is 7.17. The van der Waals surface area contributed by atoms with Gasteiger partial charge in [-0.2, -0.15) is 0 Å². The zero-order valence-corrected chi connectivity index (χ0v) is 15.9. The summed E-state index contributed by atoms with van der Waals surface area (Å²) in [7, 11) is 0. The highest BCUT2D eigenvalue weighted by Gasteiger charge is 2.19. The van der Waals surface area contributed by atoms with Crippen LogP contribution in [-0.4, -0.2) is 29.5 Å². The van der Waals surface area contributed by atoms with Gasteiger partial charge < -0.3 is 10.1 Å². The summed E-state index contributed by atoms with van der Waals surface area (Å²) in [6, 6.07) is 8.19. The molecule has 0 fully saturated rings. The van der Waals surface area contributed by atoms with Crippen molar-refractivity contribution in [3.63, 3.8) is 0 Å². The van der Waals surface area contributed by atoms with Gasteiger partial charge >= 0.3 is 5.97 Å². The third kappa shape index (κ3) is 5.13. The summed E-state index contributed by atoms with van der Waals surface area (Å²) in [6.07, 6.45) is 1.81. The Kier molecular flexibility index (Phi) is 6.70. The molecule has 0 aliphatic heterocycles. The van der Waals surface area contributed by atoms with Crippen LogP contribution in [0.25, 0.3) is 10.6 Å².